The molecule has 0 aromatic heterocycles. The van der Waals surface area contributed by atoms with E-state index in [4.69, 9.17) is 9.47 Å². The number of esters is 2. The van der Waals surface area contributed by atoms with Crippen LogP contribution in [0.3, 0.4) is 0 Å². The van der Waals surface area contributed by atoms with Crippen LogP contribution in [0.5, 0.6) is 0 Å². The minimum absolute atomic E-state index is 0.0710. The van der Waals surface area contributed by atoms with Crippen LogP contribution in [-0.4, -0.2) is 48.7 Å². The molecular formula is C18H20O6S2. The topological polar surface area (TPSA) is 86.7 Å². The number of ether oxygens (including phenoxy) is 2. The van der Waals surface area contributed by atoms with Crippen molar-refractivity contribution in [2.75, 3.05) is 24.7 Å². The Kier molecular flexibility index (Phi) is 10.4. The summed E-state index contributed by atoms with van der Waals surface area (Å²) in [5.74, 6) is -1.55. The first-order chi connectivity index (χ1) is 12.5. The van der Waals surface area contributed by atoms with E-state index in [2.05, 4.69) is 0 Å². The van der Waals surface area contributed by atoms with Crippen molar-refractivity contribution in [3.05, 3.63) is 45.7 Å². The maximum Gasteiger partial charge on any atom is 0.316 e. The van der Waals surface area contributed by atoms with E-state index in [1.165, 1.54) is 0 Å². The summed E-state index contributed by atoms with van der Waals surface area (Å²) in [4.78, 5) is 47.4. The van der Waals surface area contributed by atoms with E-state index in [0.717, 1.165) is 23.5 Å². The summed E-state index contributed by atoms with van der Waals surface area (Å²) in [7, 11) is 0. The van der Waals surface area contributed by atoms with Crippen molar-refractivity contribution in [2.45, 2.75) is 13.8 Å². The molecule has 1 aromatic carbocycles. The smallest absolute Gasteiger partial charge is 0.316 e. The van der Waals surface area contributed by atoms with Crippen LogP contribution < -0.4 is 0 Å². The molecule has 0 fully saturated rings. The Hall–Kier alpha value is -2.06. The van der Waals surface area contributed by atoms with Gasteiger partial charge in [0.1, 0.15) is 0 Å². The van der Waals surface area contributed by atoms with Crippen LogP contribution in [0.1, 0.15) is 24.2 Å². The molecule has 8 heteroatoms. The fourth-order valence-electron chi connectivity index (χ4n) is 1.79. The van der Waals surface area contributed by atoms with Crippen molar-refractivity contribution < 1.29 is 28.7 Å². The van der Waals surface area contributed by atoms with Gasteiger partial charge in [0.25, 0.3) is 0 Å². The quantitative estimate of drug-likeness (QED) is 0.141. The minimum Gasteiger partial charge on any atom is -0.465 e. The lowest BCUT2D eigenvalue weighted by Gasteiger charge is -2.10. The van der Waals surface area contributed by atoms with Gasteiger partial charge in [-0.15, -0.1) is 23.5 Å². The number of carbonyl (C=O) groups excluding carboxylic acids is 4. The lowest BCUT2D eigenvalue weighted by Crippen LogP contribution is -2.11. The van der Waals surface area contributed by atoms with Crippen molar-refractivity contribution in [3.8, 4) is 0 Å². The summed E-state index contributed by atoms with van der Waals surface area (Å²) in [6.45, 7) is 3.84. The fourth-order valence-corrected chi connectivity index (χ4v) is 3.73. The van der Waals surface area contributed by atoms with E-state index < -0.39 is 17.7 Å². The predicted octanol–water partition coefficient (Wildman–Crippen LogP) is 2.87. The molecule has 26 heavy (non-hydrogen) atoms. The zero-order valence-electron chi connectivity index (χ0n) is 14.6. The molecule has 0 atom stereocenters. The first-order valence-electron chi connectivity index (χ1n) is 7.89. The zero-order valence-corrected chi connectivity index (χ0v) is 16.2. The molecule has 0 N–H and O–H groups in total. The molecule has 0 saturated heterocycles. The average Bonchev–Trinajstić information content (AvgIpc) is 2.65. The summed E-state index contributed by atoms with van der Waals surface area (Å²) in [5.41, 5.74) is 0.250. The summed E-state index contributed by atoms with van der Waals surface area (Å²) < 4.78 is 10.0. The van der Waals surface area contributed by atoms with Gasteiger partial charge < -0.3 is 9.47 Å². The number of benzene rings is 1. The number of allylic oxidation sites excluding steroid dienone is 1. The number of aldehydes is 1. The van der Waals surface area contributed by atoms with E-state index in [1.807, 2.05) is 0 Å². The summed E-state index contributed by atoms with van der Waals surface area (Å²) in [6.07, 6.45) is 0.445. The maximum atomic E-state index is 12.6. The molecule has 0 aliphatic carbocycles. The van der Waals surface area contributed by atoms with Gasteiger partial charge in [-0.2, -0.15) is 0 Å². The Morgan fingerprint density at radius 2 is 1.42 bits per heavy atom. The highest BCUT2D eigenvalue weighted by molar-refractivity contribution is 8.22. The second kappa shape index (κ2) is 12.3. The SMILES string of the molecule is CCOC(=O)CSC(SCC(=O)OCC)=C(C=O)C(=O)c1ccccc1. The lowest BCUT2D eigenvalue weighted by molar-refractivity contribution is -0.140. The van der Waals surface area contributed by atoms with Crippen LogP contribution in [0.25, 0.3) is 0 Å². The summed E-state index contributed by atoms with van der Waals surface area (Å²) >= 11 is 1.99. The molecule has 0 aliphatic rings. The molecule has 0 unspecified atom stereocenters. The Labute approximate surface area is 160 Å². The van der Waals surface area contributed by atoms with Crippen LogP contribution in [0, 0.1) is 0 Å². The highest BCUT2D eigenvalue weighted by atomic mass is 32.2. The third-order valence-corrected chi connectivity index (χ3v) is 5.30. The summed E-state index contributed by atoms with van der Waals surface area (Å²) in [5, 5.41) is 0. The maximum absolute atomic E-state index is 12.6. The Balaban J connectivity index is 3.04. The molecule has 140 valence electrons. The molecule has 1 rings (SSSR count). The molecule has 0 amide bonds. The minimum atomic E-state index is -0.469. The Morgan fingerprint density at radius 3 is 1.85 bits per heavy atom. The monoisotopic (exact) mass is 396 g/mol. The molecule has 6 nitrogen and oxygen atoms in total. The van der Waals surface area contributed by atoms with Crippen molar-refractivity contribution in [1.29, 1.82) is 0 Å². The van der Waals surface area contributed by atoms with E-state index in [9.17, 15) is 19.2 Å². The first kappa shape index (κ1) is 22.0. The number of rotatable bonds is 11. The van der Waals surface area contributed by atoms with E-state index in [-0.39, 0.29) is 34.5 Å². The van der Waals surface area contributed by atoms with Gasteiger partial charge in [0.05, 0.1) is 34.5 Å². The van der Waals surface area contributed by atoms with Crippen LogP contribution in [0.15, 0.2) is 40.1 Å². The number of hydrogen-bond donors (Lipinski definition) is 0. The van der Waals surface area contributed by atoms with Gasteiger partial charge in [0, 0.05) is 5.56 Å². The highest BCUT2D eigenvalue weighted by Crippen LogP contribution is 2.32. The van der Waals surface area contributed by atoms with E-state index >= 15 is 0 Å². The number of ketones is 1. The van der Waals surface area contributed by atoms with E-state index in [1.54, 1.807) is 44.2 Å². The van der Waals surface area contributed by atoms with Crippen molar-refractivity contribution in [1.82, 2.24) is 0 Å². The largest absolute Gasteiger partial charge is 0.465 e. The lowest BCUT2D eigenvalue weighted by atomic mass is 10.1. The zero-order chi connectivity index (χ0) is 19.4. The van der Waals surface area contributed by atoms with E-state index in [0.29, 0.717) is 11.8 Å². The normalized spacial score (nSPS) is 9.92. The van der Waals surface area contributed by atoms with Crippen molar-refractivity contribution >= 4 is 47.5 Å². The molecule has 0 bridgehead atoms. The van der Waals surface area contributed by atoms with Gasteiger partial charge in [-0.05, 0) is 13.8 Å². The molecule has 0 saturated carbocycles. The number of hydrogen-bond acceptors (Lipinski definition) is 8. The van der Waals surface area contributed by atoms with Crippen molar-refractivity contribution in [2.24, 2.45) is 0 Å². The number of carbonyl (C=O) groups is 4. The molecule has 0 aliphatic heterocycles. The van der Waals surface area contributed by atoms with Crippen LogP contribution >= 0.6 is 23.5 Å². The third-order valence-electron chi connectivity index (χ3n) is 2.87. The fraction of sp³-hybridized carbons (Fsp3) is 0.333. The third kappa shape index (κ3) is 7.45. The second-order valence-electron chi connectivity index (χ2n) is 4.70. The van der Waals surface area contributed by atoms with Gasteiger partial charge in [0.15, 0.2) is 12.1 Å². The first-order valence-corrected chi connectivity index (χ1v) is 9.86. The summed E-state index contributed by atoms with van der Waals surface area (Å²) in [6, 6.07) is 8.32. The average molecular weight is 396 g/mol. The van der Waals surface area contributed by atoms with Gasteiger partial charge in [0.2, 0.25) is 0 Å². The van der Waals surface area contributed by atoms with Crippen LogP contribution in [0.4, 0.5) is 0 Å². The van der Waals surface area contributed by atoms with Gasteiger partial charge in [-0.25, -0.2) is 0 Å². The predicted molar refractivity (Wildman–Crippen MR) is 102 cm³/mol. The van der Waals surface area contributed by atoms with Crippen LogP contribution in [-0.2, 0) is 23.9 Å². The standard InChI is InChI=1S/C18H20O6S2/c1-3-23-15(20)11-25-18(26-12-16(21)24-4-2)14(10-19)17(22)13-8-6-5-7-9-13/h5-10H,3-4,11-12H2,1-2H3. The molecular weight excluding hydrogens is 376 g/mol. The van der Waals surface area contributed by atoms with Crippen LogP contribution in [0.2, 0.25) is 0 Å². The Bertz CT molecular complexity index is 646. The van der Waals surface area contributed by atoms with Gasteiger partial charge >= 0.3 is 11.9 Å². The van der Waals surface area contributed by atoms with Gasteiger partial charge in [-0.1, -0.05) is 30.3 Å². The molecule has 0 spiro atoms. The highest BCUT2D eigenvalue weighted by Gasteiger charge is 2.20. The second-order valence-corrected chi connectivity index (χ2v) is 6.93. The number of thioether (sulfide) groups is 2. The number of Topliss-reactive ketones (excluding diaryl/α,β-unsaturated/α-hetero) is 1. The molecule has 0 heterocycles. The van der Waals surface area contributed by atoms with Crippen molar-refractivity contribution in [3.63, 3.8) is 0 Å². The molecule has 0 radical (unpaired) electrons. The van der Waals surface area contributed by atoms with Gasteiger partial charge in [-0.3, -0.25) is 19.2 Å². The Morgan fingerprint density at radius 1 is 0.923 bits per heavy atom. The molecule has 1 aromatic rings.